The minimum absolute atomic E-state index is 0.0180. The summed E-state index contributed by atoms with van der Waals surface area (Å²) in [5, 5.41) is 5.83. The summed E-state index contributed by atoms with van der Waals surface area (Å²) < 4.78 is 34.7. The lowest BCUT2D eigenvalue weighted by molar-refractivity contribution is 0.0940. The zero-order valence-corrected chi connectivity index (χ0v) is 25.7. The third-order valence-electron chi connectivity index (χ3n) is 7.30. The molecule has 0 radical (unpaired) electrons. The Labute approximate surface area is 263 Å². The fourth-order valence-corrected chi connectivity index (χ4v) is 6.36. The molecular weight excluding hydrogens is 586 g/mol. The number of nitrogens with zero attached hydrogens (tertiary/aromatic N) is 1. The number of ether oxygens (including phenoxy) is 1. The summed E-state index contributed by atoms with van der Waals surface area (Å²) in [5.41, 5.74) is 2.56. The predicted molar refractivity (Wildman–Crippen MR) is 176 cm³/mol. The summed E-state index contributed by atoms with van der Waals surface area (Å²) in [6.45, 7) is 1.87. The molecule has 0 unspecified atom stereocenters. The first-order valence-electron chi connectivity index (χ1n) is 14.3. The molecule has 45 heavy (non-hydrogen) atoms. The van der Waals surface area contributed by atoms with Crippen LogP contribution in [-0.4, -0.2) is 27.3 Å². The highest BCUT2D eigenvalue weighted by atomic mass is 32.2. The molecule has 0 fully saturated rings. The van der Waals surface area contributed by atoms with Crippen molar-refractivity contribution in [3.05, 3.63) is 156 Å². The lowest BCUT2D eigenvalue weighted by Crippen LogP contribution is -2.32. The first-order valence-corrected chi connectivity index (χ1v) is 15.8. The van der Waals surface area contributed by atoms with Crippen molar-refractivity contribution in [3.8, 4) is 5.75 Å². The number of hydrogen-bond donors (Lipinski definition) is 2. The molecule has 0 bridgehead atoms. The summed E-state index contributed by atoms with van der Waals surface area (Å²) in [6, 6.07) is 37.8. The predicted octanol–water partition coefficient (Wildman–Crippen LogP) is 6.83. The molecule has 0 saturated carbocycles. The maximum atomic E-state index is 14.1. The van der Waals surface area contributed by atoms with Crippen molar-refractivity contribution in [2.24, 2.45) is 0 Å². The highest BCUT2D eigenvalue weighted by Crippen LogP contribution is 2.31. The summed E-state index contributed by atoms with van der Waals surface area (Å²) in [5.74, 6) is -0.405. The smallest absolute Gasteiger partial charge is 0.264 e. The summed E-state index contributed by atoms with van der Waals surface area (Å²) in [4.78, 5) is 27.2. The van der Waals surface area contributed by atoms with E-state index in [9.17, 15) is 18.0 Å². The number of methoxy groups -OCH3 is 1. The van der Waals surface area contributed by atoms with Crippen molar-refractivity contribution in [3.63, 3.8) is 0 Å². The van der Waals surface area contributed by atoms with E-state index in [0.717, 1.165) is 11.1 Å². The molecular formula is C36H33N3O5S. The van der Waals surface area contributed by atoms with E-state index in [1.54, 1.807) is 60.7 Å². The normalized spacial score (nSPS) is 11.7. The van der Waals surface area contributed by atoms with Crippen molar-refractivity contribution in [2.45, 2.75) is 24.4 Å². The van der Waals surface area contributed by atoms with Crippen LogP contribution in [0.4, 0.5) is 11.4 Å². The van der Waals surface area contributed by atoms with Gasteiger partial charge < -0.3 is 15.4 Å². The van der Waals surface area contributed by atoms with E-state index in [2.05, 4.69) is 10.6 Å². The van der Waals surface area contributed by atoms with Crippen molar-refractivity contribution in [2.75, 3.05) is 16.7 Å². The molecule has 0 aliphatic heterocycles. The fourth-order valence-electron chi connectivity index (χ4n) is 4.89. The second-order valence-corrected chi connectivity index (χ2v) is 12.2. The number of benzene rings is 5. The first kappa shape index (κ1) is 31.0. The van der Waals surface area contributed by atoms with E-state index in [0.29, 0.717) is 11.4 Å². The van der Waals surface area contributed by atoms with Gasteiger partial charge in [0.05, 0.1) is 47.1 Å². The van der Waals surface area contributed by atoms with Gasteiger partial charge in [0.1, 0.15) is 5.75 Å². The number of anilines is 2. The van der Waals surface area contributed by atoms with Crippen LogP contribution in [0.1, 0.15) is 44.8 Å². The Morgan fingerprint density at radius 1 is 0.711 bits per heavy atom. The van der Waals surface area contributed by atoms with Crippen LogP contribution in [0.2, 0.25) is 0 Å². The van der Waals surface area contributed by atoms with Crippen LogP contribution < -0.4 is 19.7 Å². The molecule has 9 heteroatoms. The monoisotopic (exact) mass is 619 g/mol. The van der Waals surface area contributed by atoms with Crippen molar-refractivity contribution < 1.29 is 22.7 Å². The minimum Gasteiger partial charge on any atom is -0.497 e. The molecule has 5 rings (SSSR count). The molecule has 8 nitrogen and oxygen atoms in total. The van der Waals surface area contributed by atoms with Crippen LogP contribution in [-0.2, 0) is 16.6 Å². The van der Waals surface area contributed by atoms with Crippen LogP contribution in [0, 0.1) is 0 Å². The molecule has 5 aromatic rings. The van der Waals surface area contributed by atoms with E-state index in [-0.39, 0.29) is 40.2 Å². The molecule has 0 heterocycles. The maximum absolute atomic E-state index is 14.1. The highest BCUT2D eigenvalue weighted by molar-refractivity contribution is 7.92. The van der Waals surface area contributed by atoms with Gasteiger partial charge in [0.25, 0.3) is 21.8 Å². The number of amides is 2. The third-order valence-corrected chi connectivity index (χ3v) is 9.07. The molecule has 2 N–H and O–H groups in total. The molecule has 5 aromatic carbocycles. The van der Waals surface area contributed by atoms with Gasteiger partial charge in [0.15, 0.2) is 0 Å². The van der Waals surface area contributed by atoms with Gasteiger partial charge in [0, 0.05) is 0 Å². The van der Waals surface area contributed by atoms with E-state index in [4.69, 9.17) is 4.74 Å². The van der Waals surface area contributed by atoms with Gasteiger partial charge >= 0.3 is 0 Å². The summed E-state index contributed by atoms with van der Waals surface area (Å²) in [6.07, 6.45) is 0. The number of nitrogens with one attached hydrogen (secondary N) is 2. The Hall–Kier alpha value is -5.41. The largest absolute Gasteiger partial charge is 0.497 e. The van der Waals surface area contributed by atoms with Crippen LogP contribution in [0.25, 0.3) is 0 Å². The summed E-state index contributed by atoms with van der Waals surface area (Å²) >= 11 is 0. The average Bonchev–Trinajstić information content (AvgIpc) is 3.08. The number of hydrogen-bond acceptors (Lipinski definition) is 5. The van der Waals surface area contributed by atoms with Crippen molar-refractivity contribution >= 4 is 33.2 Å². The Bertz CT molecular complexity index is 1880. The van der Waals surface area contributed by atoms with Gasteiger partial charge in [-0.15, -0.1) is 0 Å². The molecule has 0 aromatic heterocycles. The van der Waals surface area contributed by atoms with Gasteiger partial charge in [-0.1, -0.05) is 84.9 Å². The van der Waals surface area contributed by atoms with Gasteiger partial charge in [-0.3, -0.25) is 13.9 Å². The second-order valence-electron chi connectivity index (χ2n) is 10.3. The third kappa shape index (κ3) is 7.22. The molecule has 1 atom stereocenters. The second kappa shape index (κ2) is 13.9. The number of carbonyl (C=O) groups is 2. The van der Waals surface area contributed by atoms with Crippen molar-refractivity contribution in [1.82, 2.24) is 5.32 Å². The molecule has 0 aliphatic carbocycles. The quantitative estimate of drug-likeness (QED) is 0.169. The zero-order chi connectivity index (χ0) is 31.8. The topological polar surface area (TPSA) is 105 Å². The minimum atomic E-state index is -4.13. The van der Waals surface area contributed by atoms with E-state index in [1.165, 1.54) is 23.5 Å². The van der Waals surface area contributed by atoms with Gasteiger partial charge in [-0.25, -0.2) is 8.42 Å². The Morgan fingerprint density at radius 3 is 1.96 bits per heavy atom. The Balaban J connectivity index is 1.48. The zero-order valence-electron chi connectivity index (χ0n) is 24.9. The van der Waals surface area contributed by atoms with Gasteiger partial charge in [0.2, 0.25) is 0 Å². The Morgan fingerprint density at radius 2 is 1.29 bits per heavy atom. The highest BCUT2D eigenvalue weighted by Gasteiger charge is 2.29. The average molecular weight is 620 g/mol. The van der Waals surface area contributed by atoms with Gasteiger partial charge in [-0.2, -0.15) is 0 Å². The van der Waals surface area contributed by atoms with Crippen LogP contribution >= 0.6 is 0 Å². The van der Waals surface area contributed by atoms with Crippen LogP contribution in [0.15, 0.2) is 138 Å². The molecule has 2 amide bonds. The number of para-hydroxylation sites is 2. The van der Waals surface area contributed by atoms with E-state index in [1.807, 2.05) is 67.6 Å². The fraction of sp³-hybridized carbons (Fsp3) is 0.111. The number of carbonyl (C=O) groups excluding carboxylic acids is 2. The standard InChI is InChI=1S/C36H33N3O5S/c1-26(28-15-7-4-8-16-28)37-35(40)31-17-9-11-19-33(31)38-36(41)32-18-10-12-20-34(32)39(25-27-13-5-3-6-14-27)45(42,43)30-23-21-29(44-2)22-24-30/h3-24,26H,25H2,1-2H3,(H,37,40)(H,38,41)/t26-/m0/s1. The molecule has 0 spiro atoms. The van der Waals surface area contributed by atoms with Crippen molar-refractivity contribution in [1.29, 1.82) is 0 Å². The van der Waals surface area contributed by atoms with Gasteiger partial charge in [-0.05, 0) is 66.6 Å². The molecule has 228 valence electrons. The lowest BCUT2D eigenvalue weighted by Gasteiger charge is -2.27. The van der Waals surface area contributed by atoms with Crippen LogP contribution in [0.3, 0.4) is 0 Å². The van der Waals surface area contributed by atoms with Crippen LogP contribution in [0.5, 0.6) is 5.75 Å². The number of rotatable bonds is 11. The summed E-state index contributed by atoms with van der Waals surface area (Å²) in [7, 11) is -2.63. The molecule has 0 aliphatic rings. The number of sulfonamides is 1. The molecule has 0 saturated heterocycles. The Kier molecular flexibility index (Phi) is 9.60. The lowest BCUT2D eigenvalue weighted by atomic mass is 10.1. The van der Waals surface area contributed by atoms with E-state index < -0.39 is 15.9 Å². The first-order chi connectivity index (χ1) is 21.8. The van der Waals surface area contributed by atoms with E-state index >= 15 is 0 Å². The maximum Gasteiger partial charge on any atom is 0.264 e. The SMILES string of the molecule is COc1ccc(S(=O)(=O)N(Cc2ccccc2)c2ccccc2C(=O)Nc2ccccc2C(=O)N[C@@H](C)c2ccccc2)cc1.